The van der Waals surface area contributed by atoms with Gasteiger partial charge >= 0.3 is 0 Å². The molecule has 0 spiro atoms. The van der Waals surface area contributed by atoms with E-state index in [-0.39, 0.29) is 18.0 Å². The third-order valence-corrected chi connectivity index (χ3v) is 5.30. The van der Waals surface area contributed by atoms with Crippen molar-refractivity contribution in [1.82, 2.24) is 10.2 Å². The highest BCUT2D eigenvalue weighted by Gasteiger charge is 2.36. The fraction of sp³-hybridized carbons (Fsp3) is 0.360. The van der Waals surface area contributed by atoms with Crippen molar-refractivity contribution in [2.75, 3.05) is 7.05 Å². The van der Waals surface area contributed by atoms with E-state index in [0.29, 0.717) is 5.70 Å². The Morgan fingerprint density at radius 2 is 1.86 bits per heavy atom. The lowest BCUT2D eigenvalue weighted by Gasteiger charge is -2.28. The van der Waals surface area contributed by atoms with Crippen molar-refractivity contribution in [3.8, 4) is 0 Å². The van der Waals surface area contributed by atoms with Crippen LogP contribution in [0.4, 0.5) is 0 Å². The maximum atomic E-state index is 13.1. The van der Waals surface area contributed by atoms with Crippen molar-refractivity contribution in [2.24, 2.45) is 4.99 Å². The number of rotatable bonds is 9. The van der Waals surface area contributed by atoms with E-state index in [1.165, 1.54) is 5.56 Å². The van der Waals surface area contributed by atoms with Gasteiger partial charge in [-0.1, -0.05) is 49.1 Å². The second-order valence-electron chi connectivity index (χ2n) is 7.90. The normalized spacial score (nSPS) is 16.7. The first-order valence-electron chi connectivity index (χ1n) is 10.0. The van der Waals surface area contributed by atoms with E-state index in [1.54, 1.807) is 12.2 Å². The van der Waals surface area contributed by atoms with Crippen LogP contribution in [0.25, 0.3) is 0 Å². The topological polar surface area (TPSA) is 44.7 Å². The highest BCUT2D eigenvalue weighted by molar-refractivity contribution is 6.03. The minimum Gasteiger partial charge on any atom is -0.368 e. The number of nitrogens with zero attached hydrogens (tertiary/aromatic N) is 2. The van der Waals surface area contributed by atoms with Crippen LogP contribution in [0, 0.1) is 6.92 Å². The molecule has 1 aliphatic carbocycles. The summed E-state index contributed by atoms with van der Waals surface area (Å²) in [7, 11) is 1.92. The second kappa shape index (κ2) is 9.08. The third-order valence-electron chi connectivity index (χ3n) is 5.30. The first-order chi connectivity index (χ1) is 13.6. The molecule has 154 valence electrons. The maximum absolute atomic E-state index is 13.1. The molecule has 0 radical (unpaired) electrons. The number of aliphatic imine (C=N–C) groups is 1. The van der Waals surface area contributed by atoms with E-state index >= 15 is 0 Å². The fourth-order valence-electron chi connectivity index (χ4n) is 3.15. The molecular weight excluding hydrogens is 358 g/mol. The number of carbonyl (C=O) groups excluding carboxylic acids is 1. The zero-order valence-corrected chi connectivity index (χ0v) is 18.5. The molecule has 1 amide bonds. The number of aryl methyl sites for hydroxylation is 1. The number of hydrogen-bond acceptors (Lipinski definition) is 3. The molecule has 0 saturated heterocycles. The third kappa shape index (κ3) is 5.14. The largest absolute Gasteiger partial charge is 0.368 e. The molecule has 1 N–H and O–H groups in total. The van der Waals surface area contributed by atoms with Crippen LogP contribution in [0.1, 0.15) is 38.8 Å². The predicted molar refractivity (Wildman–Crippen MR) is 123 cm³/mol. The predicted octanol–water partition coefficient (Wildman–Crippen LogP) is 4.69. The molecule has 0 aliphatic heterocycles. The molecule has 0 saturated carbocycles. The van der Waals surface area contributed by atoms with E-state index in [1.807, 2.05) is 45.7 Å². The Hall–Kier alpha value is -2.88. The molecule has 0 bridgehead atoms. The number of likely N-dealkylation sites (N-methyl/N-ethyl adjacent to an activating group) is 1. The summed E-state index contributed by atoms with van der Waals surface area (Å²) >= 11 is 0. The molecule has 1 aliphatic rings. The number of amides is 1. The Balaban J connectivity index is 2.26. The van der Waals surface area contributed by atoms with Crippen molar-refractivity contribution in [3.63, 3.8) is 0 Å². The van der Waals surface area contributed by atoms with Gasteiger partial charge in [0.25, 0.3) is 5.91 Å². The number of nitrogens with one attached hydrogen (secondary N) is 1. The Morgan fingerprint density at radius 1 is 1.21 bits per heavy atom. The van der Waals surface area contributed by atoms with Gasteiger partial charge in [0.05, 0.1) is 11.8 Å². The monoisotopic (exact) mass is 391 g/mol. The smallest absolute Gasteiger partial charge is 0.268 e. The summed E-state index contributed by atoms with van der Waals surface area (Å²) in [6.45, 7) is 17.7. The summed E-state index contributed by atoms with van der Waals surface area (Å²) in [6.07, 6.45) is 7.57. The van der Waals surface area contributed by atoms with Crippen molar-refractivity contribution >= 4 is 11.6 Å². The van der Waals surface area contributed by atoms with Crippen LogP contribution in [0.3, 0.4) is 0 Å². The van der Waals surface area contributed by atoms with Gasteiger partial charge in [0.1, 0.15) is 11.2 Å². The maximum Gasteiger partial charge on any atom is 0.268 e. The van der Waals surface area contributed by atoms with Crippen LogP contribution in [0.15, 0.2) is 78.0 Å². The van der Waals surface area contributed by atoms with Crippen LogP contribution in [-0.4, -0.2) is 35.7 Å². The van der Waals surface area contributed by atoms with E-state index in [9.17, 15) is 4.79 Å². The molecule has 1 aromatic carbocycles. The van der Waals surface area contributed by atoms with Gasteiger partial charge in [-0.05, 0) is 64.0 Å². The lowest BCUT2D eigenvalue weighted by atomic mass is 10.0. The molecule has 0 fully saturated rings. The van der Waals surface area contributed by atoms with Crippen molar-refractivity contribution in [2.45, 2.75) is 52.2 Å². The summed E-state index contributed by atoms with van der Waals surface area (Å²) < 4.78 is 0. The first-order valence-corrected chi connectivity index (χ1v) is 10.0. The van der Waals surface area contributed by atoms with Crippen LogP contribution in [0.5, 0.6) is 0 Å². The number of allylic oxidation sites excluding steroid dienone is 2. The Bertz CT molecular complexity index is 883. The average Bonchev–Trinajstić information content (AvgIpc) is 3.46. The molecule has 4 nitrogen and oxygen atoms in total. The average molecular weight is 392 g/mol. The summed E-state index contributed by atoms with van der Waals surface area (Å²) in [4.78, 5) is 19.9. The lowest BCUT2D eigenvalue weighted by molar-refractivity contribution is -0.119. The molecular formula is C25H33N3O. The highest BCUT2D eigenvalue weighted by Crippen LogP contribution is 2.40. The van der Waals surface area contributed by atoms with Gasteiger partial charge in [0, 0.05) is 13.1 Å². The minimum absolute atomic E-state index is 0.144. The molecule has 1 atom stereocenters. The molecule has 1 aromatic rings. The minimum atomic E-state index is -0.432. The SMILES string of the molecule is C=CC(=NC1(c2cccc(C)c2)C=C1)C(C)NC(=O)/C(=C(\C)C=C)N(C)C(C)C. The summed E-state index contributed by atoms with van der Waals surface area (Å²) in [5.74, 6) is -0.144. The zero-order valence-electron chi connectivity index (χ0n) is 18.5. The number of hydrogen-bond donors (Lipinski definition) is 1. The van der Waals surface area contributed by atoms with E-state index < -0.39 is 5.54 Å². The van der Waals surface area contributed by atoms with Crippen LogP contribution in [-0.2, 0) is 10.3 Å². The van der Waals surface area contributed by atoms with Gasteiger partial charge in [-0.25, -0.2) is 0 Å². The summed E-state index contributed by atoms with van der Waals surface area (Å²) in [5, 5.41) is 3.08. The van der Waals surface area contributed by atoms with Gasteiger partial charge in [-0.2, -0.15) is 0 Å². The van der Waals surface area contributed by atoms with Crippen molar-refractivity contribution < 1.29 is 4.79 Å². The molecule has 0 heterocycles. The molecule has 0 aromatic heterocycles. The Kier molecular flexibility index (Phi) is 7.02. The van der Waals surface area contributed by atoms with Gasteiger partial charge in [-0.3, -0.25) is 9.79 Å². The van der Waals surface area contributed by atoms with Crippen LogP contribution < -0.4 is 5.32 Å². The van der Waals surface area contributed by atoms with Crippen LogP contribution in [0.2, 0.25) is 0 Å². The molecule has 2 rings (SSSR count). The number of benzene rings is 1. The quantitative estimate of drug-likeness (QED) is 0.287. The Morgan fingerprint density at radius 3 is 2.34 bits per heavy atom. The lowest BCUT2D eigenvalue weighted by Crippen LogP contribution is -2.43. The van der Waals surface area contributed by atoms with E-state index in [0.717, 1.165) is 16.8 Å². The van der Waals surface area contributed by atoms with Crippen LogP contribution >= 0.6 is 0 Å². The highest BCUT2D eigenvalue weighted by atomic mass is 16.2. The number of carbonyl (C=O) groups is 1. The second-order valence-corrected chi connectivity index (χ2v) is 7.90. The fourth-order valence-corrected chi connectivity index (χ4v) is 3.15. The molecule has 29 heavy (non-hydrogen) atoms. The summed E-state index contributed by atoms with van der Waals surface area (Å²) in [6, 6.07) is 8.23. The zero-order chi connectivity index (χ0) is 21.8. The van der Waals surface area contributed by atoms with Gasteiger partial charge < -0.3 is 10.2 Å². The van der Waals surface area contributed by atoms with Gasteiger partial charge in [0.15, 0.2) is 0 Å². The van der Waals surface area contributed by atoms with Gasteiger partial charge in [0.2, 0.25) is 0 Å². The molecule has 1 unspecified atom stereocenters. The summed E-state index contributed by atoms with van der Waals surface area (Å²) in [5.41, 5.74) is 4.08. The van der Waals surface area contributed by atoms with Crippen molar-refractivity contribution in [1.29, 1.82) is 0 Å². The standard InChI is InChI=1S/C25H33N3O/c1-9-19(6)23(28(8)17(3)4)24(29)26-20(7)22(10-2)27-25(14-15-25)21-13-11-12-18(5)16-21/h9-17,20H,1-2H2,3-8H3,(H,26,29)/b23-19-,27-22?. The van der Waals surface area contributed by atoms with E-state index in [2.05, 4.69) is 55.7 Å². The van der Waals surface area contributed by atoms with E-state index in [4.69, 9.17) is 4.99 Å². The van der Waals surface area contributed by atoms with Crippen molar-refractivity contribution in [3.05, 3.63) is 84.1 Å². The molecule has 4 heteroatoms. The van der Waals surface area contributed by atoms with Gasteiger partial charge in [-0.15, -0.1) is 0 Å². The Labute approximate surface area is 175 Å². The first kappa shape index (κ1) is 22.4.